The molecule has 5 nitrogen and oxygen atoms in total. The summed E-state index contributed by atoms with van der Waals surface area (Å²) in [7, 11) is 1.53. The zero-order valence-electron chi connectivity index (χ0n) is 15.2. The average molecular weight is 399 g/mol. The van der Waals surface area contributed by atoms with Gasteiger partial charge in [-0.2, -0.15) is 0 Å². The number of hydrogen-bond acceptors (Lipinski definition) is 4. The molecule has 0 aliphatic rings. The van der Waals surface area contributed by atoms with Crippen molar-refractivity contribution in [1.82, 2.24) is 0 Å². The van der Waals surface area contributed by atoms with Crippen molar-refractivity contribution in [2.45, 2.75) is 12.5 Å². The third-order valence-electron chi connectivity index (χ3n) is 3.99. The number of methoxy groups -OCH3 is 1. The Hall–Kier alpha value is -3.18. The molecule has 0 fully saturated rings. The number of carbonyl (C=O) groups is 1. The number of ether oxygens (including phenoxy) is 3. The molecule has 0 unspecified atom stereocenters. The lowest BCUT2D eigenvalue weighted by molar-refractivity contribution is -0.145. The summed E-state index contributed by atoms with van der Waals surface area (Å²) >= 11 is 6.12. The summed E-state index contributed by atoms with van der Waals surface area (Å²) in [5.74, 6) is 1.06. The van der Waals surface area contributed by atoms with Crippen molar-refractivity contribution in [3.8, 4) is 23.0 Å². The zero-order valence-corrected chi connectivity index (χ0v) is 15.9. The first-order valence-corrected chi connectivity index (χ1v) is 8.98. The minimum atomic E-state index is -1.12. The fourth-order valence-corrected chi connectivity index (χ4v) is 2.84. The molecule has 3 rings (SSSR count). The third kappa shape index (κ3) is 5.18. The Morgan fingerprint density at radius 1 is 0.964 bits per heavy atom. The number of hydrogen-bond donors (Lipinski definition) is 1. The smallest absolute Gasteiger partial charge is 0.345 e. The molecule has 144 valence electrons. The normalized spacial score (nSPS) is 11.5. The Morgan fingerprint density at radius 3 is 2.39 bits per heavy atom. The van der Waals surface area contributed by atoms with Crippen LogP contribution in [0.15, 0.2) is 72.8 Å². The molecular formula is C22H19ClO5. The Balaban J connectivity index is 1.84. The summed E-state index contributed by atoms with van der Waals surface area (Å²) < 4.78 is 16.7. The SMILES string of the molecule is COc1cccc(O[C@H](Cc2cc(Cl)ccc2Oc2ccccc2)C(=O)O)c1. The molecule has 0 amide bonds. The Bertz CT molecular complexity index is 943. The summed E-state index contributed by atoms with van der Waals surface area (Å²) in [5, 5.41) is 10.1. The number of carboxylic acids is 1. The monoisotopic (exact) mass is 398 g/mol. The van der Waals surface area contributed by atoms with Crippen LogP contribution in [-0.4, -0.2) is 24.3 Å². The predicted molar refractivity (Wildman–Crippen MR) is 107 cm³/mol. The van der Waals surface area contributed by atoms with Crippen molar-refractivity contribution in [1.29, 1.82) is 0 Å². The molecule has 0 bridgehead atoms. The highest BCUT2D eigenvalue weighted by molar-refractivity contribution is 6.30. The van der Waals surface area contributed by atoms with Gasteiger partial charge in [-0.05, 0) is 42.5 Å². The Labute approximate surface area is 168 Å². The summed E-state index contributed by atoms with van der Waals surface area (Å²) in [6.07, 6.45) is -1.04. The van der Waals surface area contributed by atoms with E-state index in [2.05, 4.69) is 0 Å². The van der Waals surface area contributed by atoms with Crippen LogP contribution in [0.2, 0.25) is 5.02 Å². The molecule has 6 heteroatoms. The molecule has 1 atom stereocenters. The summed E-state index contributed by atoms with van der Waals surface area (Å²) in [6, 6.07) is 21.1. The first-order chi connectivity index (χ1) is 13.5. The van der Waals surface area contributed by atoms with Crippen molar-refractivity contribution >= 4 is 17.6 Å². The van der Waals surface area contributed by atoms with E-state index in [4.69, 9.17) is 25.8 Å². The van der Waals surface area contributed by atoms with Gasteiger partial charge in [0.05, 0.1) is 7.11 Å². The van der Waals surface area contributed by atoms with Crippen molar-refractivity contribution in [3.05, 3.63) is 83.4 Å². The molecule has 0 aliphatic carbocycles. The van der Waals surface area contributed by atoms with E-state index in [0.29, 0.717) is 33.6 Å². The van der Waals surface area contributed by atoms with Crippen LogP contribution >= 0.6 is 11.6 Å². The molecule has 3 aromatic rings. The number of carboxylic acid groups (broad SMARTS) is 1. The van der Waals surface area contributed by atoms with Crippen LogP contribution < -0.4 is 14.2 Å². The van der Waals surface area contributed by atoms with Crippen LogP contribution in [-0.2, 0) is 11.2 Å². The quantitative estimate of drug-likeness (QED) is 0.563. The maximum Gasteiger partial charge on any atom is 0.345 e. The van der Waals surface area contributed by atoms with Crippen molar-refractivity contribution in [2.75, 3.05) is 7.11 Å². The number of para-hydroxylation sites is 1. The van der Waals surface area contributed by atoms with Gasteiger partial charge in [0.2, 0.25) is 0 Å². The highest BCUT2D eigenvalue weighted by Crippen LogP contribution is 2.30. The molecular weight excluding hydrogens is 380 g/mol. The second-order valence-corrected chi connectivity index (χ2v) is 6.43. The lowest BCUT2D eigenvalue weighted by Crippen LogP contribution is -2.29. The standard InChI is InChI=1S/C22H19ClO5/c1-26-18-8-5-9-19(14-18)28-21(22(24)25)13-15-12-16(23)10-11-20(15)27-17-6-3-2-4-7-17/h2-12,14,21H,13H2,1H3,(H,24,25)/t21-/m1/s1. The van der Waals surface area contributed by atoms with E-state index in [9.17, 15) is 9.90 Å². The Kier molecular flexibility index (Phi) is 6.40. The molecule has 28 heavy (non-hydrogen) atoms. The predicted octanol–water partition coefficient (Wildman–Crippen LogP) is 5.22. The minimum absolute atomic E-state index is 0.0786. The van der Waals surface area contributed by atoms with Gasteiger partial charge in [0, 0.05) is 23.1 Å². The first-order valence-electron chi connectivity index (χ1n) is 8.60. The van der Waals surface area contributed by atoms with Crippen molar-refractivity contribution in [3.63, 3.8) is 0 Å². The van der Waals surface area contributed by atoms with Gasteiger partial charge in [0.25, 0.3) is 0 Å². The second-order valence-electron chi connectivity index (χ2n) is 5.99. The Morgan fingerprint density at radius 2 is 1.68 bits per heavy atom. The van der Waals surface area contributed by atoms with E-state index in [0.717, 1.165) is 0 Å². The number of halogens is 1. The van der Waals surface area contributed by atoms with Gasteiger partial charge in [0.15, 0.2) is 6.10 Å². The van der Waals surface area contributed by atoms with Crippen LogP contribution in [0, 0.1) is 0 Å². The fraction of sp³-hybridized carbons (Fsp3) is 0.136. The van der Waals surface area contributed by atoms with E-state index in [1.807, 2.05) is 30.3 Å². The van der Waals surface area contributed by atoms with E-state index >= 15 is 0 Å². The number of benzene rings is 3. The molecule has 3 aromatic carbocycles. The van der Waals surface area contributed by atoms with Gasteiger partial charge < -0.3 is 19.3 Å². The highest BCUT2D eigenvalue weighted by atomic mass is 35.5. The number of rotatable bonds is 8. The van der Waals surface area contributed by atoms with Crippen LogP contribution in [0.4, 0.5) is 0 Å². The fourth-order valence-electron chi connectivity index (χ4n) is 2.64. The van der Waals surface area contributed by atoms with Gasteiger partial charge >= 0.3 is 5.97 Å². The van der Waals surface area contributed by atoms with E-state index in [1.165, 1.54) is 7.11 Å². The summed E-state index contributed by atoms with van der Waals surface area (Å²) in [6.45, 7) is 0. The van der Waals surface area contributed by atoms with Gasteiger partial charge in [-0.1, -0.05) is 35.9 Å². The first kappa shape index (κ1) is 19.6. The molecule has 0 aliphatic heterocycles. The van der Waals surface area contributed by atoms with Crippen LogP contribution in [0.5, 0.6) is 23.0 Å². The largest absolute Gasteiger partial charge is 0.497 e. The number of aliphatic carboxylic acids is 1. The van der Waals surface area contributed by atoms with Crippen molar-refractivity contribution < 1.29 is 24.1 Å². The zero-order chi connectivity index (χ0) is 19.9. The lowest BCUT2D eigenvalue weighted by Gasteiger charge is -2.18. The second kappa shape index (κ2) is 9.15. The molecule has 0 radical (unpaired) electrons. The molecule has 0 aromatic heterocycles. The van der Waals surface area contributed by atoms with Gasteiger partial charge in [-0.3, -0.25) is 0 Å². The minimum Gasteiger partial charge on any atom is -0.497 e. The summed E-state index contributed by atoms with van der Waals surface area (Å²) in [5.41, 5.74) is 0.631. The van der Waals surface area contributed by atoms with Crippen LogP contribution in [0.1, 0.15) is 5.56 Å². The van der Waals surface area contributed by atoms with E-state index in [1.54, 1.807) is 42.5 Å². The van der Waals surface area contributed by atoms with Crippen LogP contribution in [0.25, 0.3) is 0 Å². The molecule has 0 heterocycles. The third-order valence-corrected chi connectivity index (χ3v) is 4.23. The molecule has 1 N–H and O–H groups in total. The molecule has 0 saturated carbocycles. The van der Waals surface area contributed by atoms with Crippen LogP contribution in [0.3, 0.4) is 0 Å². The maximum atomic E-state index is 11.8. The topological polar surface area (TPSA) is 65.0 Å². The molecule has 0 spiro atoms. The molecule has 0 saturated heterocycles. The van der Waals surface area contributed by atoms with E-state index in [-0.39, 0.29) is 6.42 Å². The summed E-state index contributed by atoms with van der Waals surface area (Å²) in [4.78, 5) is 11.8. The maximum absolute atomic E-state index is 11.8. The lowest BCUT2D eigenvalue weighted by atomic mass is 10.1. The highest BCUT2D eigenvalue weighted by Gasteiger charge is 2.23. The average Bonchev–Trinajstić information content (AvgIpc) is 2.70. The van der Waals surface area contributed by atoms with Gasteiger partial charge in [-0.15, -0.1) is 0 Å². The van der Waals surface area contributed by atoms with E-state index < -0.39 is 12.1 Å². The van der Waals surface area contributed by atoms with Gasteiger partial charge in [0.1, 0.15) is 23.0 Å². The van der Waals surface area contributed by atoms with Gasteiger partial charge in [-0.25, -0.2) is 4.79 Å². The van der Waals surface area contributed by atoms with Crippen molar-refractivity contribution in [2.24, 2.45) is 0 Å².